The SMILES string of the molecule is CCOC(=O)C1=C(O)/C(=C/c2cc(Cl)c(OCc3ccc(Br)cc3)c(OC)c2)SC1=Nc1ccccc1. The van der Waals surface area contributed by atoms with Crippen LogP contribution in [0.25, 0.3) is 6.08 Å². The van der Waals surface area contributed by atoms with Gasteiger partial charge in [-0.2, -0.15) is 0 Å². The molecule has 4 rings (SSSR count). The van der Waals surface area contributed by atoms with Crippen molar-refractivity contribution in [2.24, 2.45) is 4.99 Å². The van der Waals surface area contributed by atoms with Gasteiger partial charge in [0.05, 0.1) is 29.3 Å². The second kappa shape index (κ2) is 12.4. The van der Waals surface area contributed by atoms with E-state index in [0.717, 1.165) is 10.0 Å². The van der Waals surface area contributed by atoms with Gasteiger partial charge in [0.2, 0.25) is 0 Å². The predicted molar refractivity (Wildman–Crippen MR) is 152 cm³/mol. The fraction of sp³-hybridized carbons (Fsp3) is 0.143. The summed E-state index contributed by atoms with van der Waals surface area (Å²) in [5.74, 6) is 0.00000508. The predicted octanol–water partition coefficient (Wildman–Crippen LogP) is 7.88. The highest BCUT2D eigenvalue weighted by molar-refractivity contribution is 9.10. The molecule has 1 N–H and O–H groups in total. The van der Waals surface area contributed by atoms with E-state index in [4.69, 9.17) is 25.8 Å². The molecule has 1 heterocycles. The van der Waals surface area contributed by atoms with Gasteiger partial charge < -0.3 is 19.3 Å². The Labute approximate surface area is 232 Å². The molecule has 0 radical (unpaired) electrons. The molecule has 9 heteroatoms. The van der Waals surface area contributed by atoms with Gasteiger partial charge in [-0.1, -0.05) is 69.6 Å². The Balaban J connectivity index is 1.65. The minimum atomic E-state index is -0.641. The molecule has 0 saturated carbocycles. The van der Waals surface area contributed by atoms with Crippen LogP contribution in [0.2, 0.25) is 5.02 Å². The van der Waals surface area contributed by atoms with Crippen molar-refractivity contribution in [1.29, 1.82) is 0 Å². The molecule has 0 aromatic heterocycles. The zero-order valence-electron chi connectivity index (χ0n) is 20.0. The molecule has 0 fully saturated rings. The average molecular weight is 601 g/mol. The van der Waals surface area contributed by atoms with Gasteiger partial charge in [-0.05, 0) is 60.5 Å². The van der Waals surface area contributed by atoms with Crippen LogP contribution in [0.1, 0.15) is 18.1 Å². The van der Waals surface area contributed by atoms with Crippen LogP contribution in [0.3, 0.4) is 0 Å². The third kappa shape index (κ3) is 6.57. The number of benzene rings is 3. The van der Waals surface area contributed by atoms with Crippen molar-refractivity contribution in [3.8, 4) is 11.5 Å². The molecule has 3 aromatic rings. The lowest BCUT2D eigenvalue weighted by Gasteiger charge is -2.14. The van der Waals surface area contributed by atoms with E-state index >= 15 is 0 Å². The van der Waals surface area contributed by atoms with Crippen LogP contribution in [0.5, 0.6) is 11.5 Å². The lowest BCUT2D eigenvalue weighted by Crippen LogP contribution is -2.12. The van der Waals surface area contributed by atoms with E-state index in [2.05, 4.69) is 20.9 Å². The molecular weight excluding hydrogens is 578 g/mol. The number of para-hydroxylation sites is 1. The van der Waals surface area contributed by atoms with Crippen LogP contribution in [0.15, 0.2) is 92.4 Å². The lowest BCUT2D eigenvalue weighted by molar-refractivity contribution is -0.138. The van der Waals surface area contributed by atoms with Crippen LogP contribution < -0.4 is 9.47 Å². The number of rotatable bonds is 8. The van der Waals surface area contributed by atoms with E-state index in [-0.39, 0.29) is 17.9 Å². The topological polar surface area (TPSA) is 77.4 Å². The summed E-state index contributed by atoms with van der Waals surface area (Å²) in [6, 6.07) is 20.4. The highest BCUT2D eigenvalue weighted by atomic mass is 79.9. The normalized spacial score (nSPS) is 15.4. The zero-order valence-corrected chi connectivity index (χ0v) is 23.2. The number of aliphatic hydroxyl groups is 1. The van der Waals surface area contributed by atoms with Gasteiger partial charge in [0, 0.05) is 4.47 Å². The number of halogens is 2. The summed E-state index contributed by atoms with van der Waals surface area (Å²) in [5.41, 5.74) is 2.30. The number of hydrogen-bond acceptors (Lipinski definition) is 7. The number of hydrogen-bond donors (Lipinski definition) is 1. The second-order valence-corrected chi connectivity index (χ2v) is 10.1. The number of ether oxygens (including phenoxy) is 3. The molecule has 0 aliphatic carbocycles. The number of carbonyl (C=O) groups excluding carboxylic acids is 1. The van der Waals surface area contributed by atoms with Crippen LogP contribution in [0.4, 0.5) is 5.69 Å². The third-order valence-corrected chi connectivity index (χ3v) is 7.03. The molecule has 0 atom stereocenters. The summed E-state index contributed by atoms with van der Waals surface area (Å²) in [4.78, 5) is 17.6. The number of methoxy groups -OCH3 is 1. The summed E-state index contributed by atoms with van der Waals surface area (Å²) < 4.78 is 17.6. The Bertz CT molecular complexity index is 1390. The van der Waals surface area contributed by atoms with Crippen molar-refractivity contribution in [2.75, 3.05) is 13.7 Å². The molecule has 0 bridgehead atoms. The molecule has 37 heavy (non-hydrogen) atoms. The number of esters is 1. The smallest absolute Gasteiger partial charge is 0.344 e. The minimum absolute atomic E-state index is 0.0227. The number of aliphatic imine (C=N–C) groups is 1. The Morgan fingerprint density at radius 3 is 2.54 bits per heavy atom. The van der Waals surface area contributed by atoms with Crippen LogP contribution in [-0.4, -0.2) is 29.8 Å². The first kappa shape index (κ1) is 26.9. The molecule has 0 unspecified atom stereocenters. The Morgan fingerprint density at radius 2 is 1.86 bits per heavy atom. The second-order valence-electron chi connectivity index (χ2n) is 7.76. The minimum Gasteiger partial charge on any atom is -0.506 e. The number of nitrogens with zero attached hydrogens (tertiary/aromatic N) is 1. The van der Waals surface area contributed by atoms with Crippen LogP contribution in [-0.2, 0) is 16.1 Å². The van der Waals surface area contributed by atoms with E-state index in [0.29, 0.717) is 44.3 Å². The van der Waals surface area contributed by atoms with Crippen LogP contribution >= 0.6 is 39.3 Å². The summed E-state index contributed by atoms with van der Waals surface area (Å²) in [7, 11) is 1.53. The molecule has 6 nitrogen and oxygen atoms in total. The summed E-state index contributed by atoms with van der Waals surface area (Å²) in [5, 5.41) is 11.6. The van der Waals surface area contributed by atoms with Gasteiger partial charge in [0.25, 0.3) is 0 Å². The highest BCUT2D eigenvalue weighted by Crippen LogP contribution is 2.42. The maximum Gasteiger partial charge on any atom is 0.344 e. The number of thioether (sulfide) groups is 1. The summed E-state index contributed by atoms with van der Waals surface area (Å²) >= 11 is 11.2. The quantitative estimate of drug-likeness (QED) is 0.265. The van der Waals surface area contributed by atoms with E-state index in [1.807, 2.05) is 54.6 Å². The fourth-order valence-corrected chi connectivity index (χ4v) is 5.04. The van der Waals surface area contributed by atoms with Gasteiger partial charge in [-0.3, -0.25) is 0 Å². The van der Waals surface area contributed by atoms with Crippen molar-refractivity contribution in [3.63, 3.8) is 0 Å². The van der Waals surface area contributed by atoms with Gasteiger partial charge in [0.15, 0.2) is 11.5 Å². The first-order chi connectivity index (χ1) is 17.9. The van der Waals surface area contributed by atoms with Crippen LogP contribution in [0, 0.1) is 0 Å². The molecule has 0 amide bonds. The third-order valence-electron chi connectivity index (χ3n) is 5.20. The Morgan fingerprint density at radius 1 is 1.14 bits per heavy atom. The average Bonchev–Trinajstić information content (AvgIpc) is 3.19. The van der Waals surface area contributed by atoms with E-state index < -0.39 is 5.97 Å². The fourth-order valence-electron chi connectivity index (χ4n) is 3.46. The Hall–Kier alpha value is -3.20. The first-order valence-corrected chi connectivity index (χ1v) is 13.3. The van der Waals surface area contributed by atoms with Crippen molar-refractivity contribution in [3.05, 3.63) is 104 Å². The molecule has 1 aliphatic rings. The van der Waals surface area contributed by atoms with E-state index in [9.17, 15) is 9.90 Å². The zero-order chi connectivity index (χ0) is 26.4. The summed E-state index contributed by atoms with van der Waals surface area (Å²) in [6.07, 6.45) is 1.71. The van der Waals surface area contributed by atoms with Crippen molar-refractivity contribution in [2.45, 2.75) is 13.5 Å². The van der Waals surface area contributed by atoms with E-state index in [1.54, 1.807) is 25.1 Å². The molecule has 3 aromatic carbocycles. The first-order valence-electron chi connectivity index (χ1n) is 11.3. The standard InChI is InChI=1S/C28H23BrClNO5S/c1-3-35-28(33)24-25(32)23(37-27(24)31-20-7-5-4-6-8-20)15-18-13-21(30)26(22(14-18)34-2)36-16-17-9-11-19(29)12-10-17/h4-15,32H,3,16H2,1-2H3/b23-15-,31-27?. The van der Waals surface area contributed by atoms with Gasteiger partial charge in [0.1, 0.15) is 23.0 Å². The Kier molecular flexibility index (Phi) is 8.97. The van der Waals surface area contributed by atoms with Gasteiger partial charge in [-0.25, -0.2) is 9.79 Å². The number of carbonyl (C=O) groups is 1. The molecule has 0 saturated heterocycles. The van der Waals surface area contributed by atoms with Crippen molar-refractivity contribution in [1.82, 2.24) is 0 Å². The maximum absolute atomic E-state index is 12.6. The molecule has 0 spiro atoms. The molecule has 1 aliphatic heterocycles. The summed E-state index contributed by atoms with van der Waals surface area (Å²) in [6.45, 7) is 2.19. The maximum atomic E-state index is 12.6. The highest BCUT2D eigenvalue weighted by Gasteiger charge is 2.33. The molecular formula is C28H23BrClNO5S. The molecule has 190 valence electrons. The monoisotopic (exact) mass is 599 g/mol. The van der Waals surface area contributed by atoms with E-state index in [1.165, 1.54) is 18.9 Å². The van der Waals surface area contributed by atoms with Gasteiger partial charge >= 0.3 is 5.97 Å². The van der Waals surface area contributed by atoms with Gasteiger partial charge in [-0.15, -0.1) is 0 Å². The lowest BCUT2D eigenvalue weighted by atomic mass is 10.1. The number of aliphatic hydroxyl groups excluding tert-OH is 1. The van der Waals surface area contributed by atoms with Crippen molar-refractivity contribution >= 4 is 62.1 Å². The van der Waals surface area contributed by atoms with Crippen molar-refractivity contribution < 1.29 is 24.1 Å². The largest absolute Gasteiger partial charge is 0.506 e.